The second kappa shape index (κ2) is 6.81. The molecule has 2 aliphatic rings. The molecule has 0 unspecified atom stereocenters. The van der Waals surface area contributed by atoms with Crippen LogP contribution in [-0.4, -0.2) is 27.1 Å². The van der Waals surface area contributed by atoms with Gasteiger partial charge in [0, 0.05) is 39.4 Å². The quantitative estimate of drug-likeness (QED) is 0.468. The van der Waals surface area contributed by atoms with Crippen LogP contribution in [0.15, 0.2) is 81.3 Å². The van der Waals surface area contributed by atoms with Crippen molar-refractivity contribution >= 4 is 23.4 Å². The first-order valence-electron chi connectivity index (χ1n) is 9.77. The van der Waals surface area contributed by atoms with Crippen LogP contribution < -0.4 is 4.90 Å². The van der Waals surface area contributed by atoms with Crippen LogP contribution in [0.5, 0.6) is 0 Å². The van der Waals surface area contributed by atoms with Crippen molar-refractivity contribution in [3.05, 3.63) is 72.6 Å². The van der Waals surface area contributed by atoms with Gasteiger partial charge in [-0.25, -0.2) is 0 Å². The average Bonchev–Trinajstić information content (AvgIpc) is 3.51. The topological polar surface area (TPSA) is 72.1 Å². The Kier molecular flexibility index (Phi) is 3.95. The minimum absolute atomic E-state index is 0.0756. The van der Waals surface area contributed by atoms with E-state index >= 15 is 0 Å². The van der Waals surface area contributed by atoms with Crippen LogP contribution in [0.25, 0.3) is 22.8 Å². The van der Waals surface area contributed by atoms with Gasteiger partial charge in [0.05, 0.1) is 11.3 Å². The predicted octanol–water partition coefficient (Wildman–Crippen LogP) is 5.07. The van der Waals surface area contributed by atoms with Crippen molar-refractivity contribution in [1.82, 2.24) is 15.1 Å². The Labute approximate surface area is 176 Å². The number of carbonyl (C=O) groups is 1. The van der Waals surface area contributed by atoms with Crippen molar-refractivity contribution in [2.24, 2.45) is 0 Å². The third-order valence-corrected chi connectivity index (χ3v) is 6.42. The molecule has 7 heteroatoms. The zero-order valence-corrected chi connectivity index (χ0v) is 16.7. The molecule has 0 saturated heterocycles. The van der Waals surface area contributed by atoms with E-state index < -0.39 is 0 Å². The summed E-state index contributed by atoms with van der Waals surface area (Å²) in [7, 11) is 0. The highest BCUT2D eigenvalue weighted by atomic mass is 32.2. The highest BCUT2D eigenvalue weighted by molar-refractivity contribution is 7.99. The molecule has 0 bridgehead atoms. The van der Waals surface area contributed by atoms with Crippen LogP contribution in [0.2, 0.25) is 0 Å². The Morgan fingerprint density at radius 2 is 1.80 bits per heavy atom. The number of pyridine rings is 1. The number of benzene rings is 2. The van der Waals surface area contributed by atoms with Crippen molar-refractivity contribution in [2.75, 3.05) is 4.90 Å². The number of nitrogens with zero attached hydrogens (tertiary/aromatic N) is 4. The SMILES string of the molecule is O=C1c2ccccc2Sc2cc(-c3noc(-c4ccncc4)n3)ccc2N1C1CC1. The molecule has 3 heterocycles. The maximum Gasteiger partial charge on any atom is 0.259 e. The lowest BCUT2D eigenvalue weighted by molar-refractivity contribution is 0.0982. The lowest BCUT2D eigenvalue weighted by Crippen LogP contribution is -2.32. The van der Waals surface area contributed by atoms with Crippen LogP contribution in [0.3, 0.4) is 0 Å². The molecular weight excluding hydrogens is 396 g/mol. The van der Waals surface area contributed by atoms with Gasteiger partial charge in [-0.05, 0) is 55.3 Å². The van der Waals surface area contributed by atoms with E-state index in [-0.39, 0.29) is 11.9 Å². The highest BCUT2D eigenvalue weighted by Crippen LogP contribution is 2.46. The van der Waals surface area contributed by atoms with Crippen LogP contribution in [-0.2, 0) is 0 Å². The average molecular weight is 412 g/mol. The zero-order valence-electron chi connectivity index (χ0n) is 15.9. The maximum atomic E-state index is 13.3. The van der Waals surface area contributed by atoms with Gasteiger partial charge < -0.3 is 9.42 Å². The molecule has 0 N–H and O–H groups in total. The molecule has 6 rings (SSSR count). The summed E-state index contributed by atoms with van der Waals surface area (Å²) < 4.78 is 5.46. The number of amides is 1. The minimum Gasteiger partial charge on any atom is -0.334 e. The van der Waals surface area contributed by atoms with E-state index in [0.29, 0.717) is 11.7 Å². The van der Waals surface area contributed by atoms with E-state index in [1.54, 1.807) is 24.2 Å². The van der Waals surface area contributed by atoms with E-state index in [0.717, 1.165) is 45.0 Å². The number of hydrogen-bond acceptors (Lipinski definition) is 6. The molecule has 0 spiro atoms. The largest absolute Gasteiger partial charge is 0.334 e. The molecule has 4 aromatic rings. The number of carbonyl (C=O) groups excluding carboxylic acids is 1. The summed E-state index contributed by atoms with van der Waals surface area (Å²) in [6.07, 6.45) is 5.47. The van der Waals surface area contributed by atoms with Gasteiger partial charge in [0.2, 0.25) is 5.82 Å². The number of anilines is 1. The number of aromatic nitrogens is 3. The van der Waals surface area contributed by atoms with Crippen molar-refractivity contribution in [3.8, 4) is 22.8 Å². The summed E-state index contributed by atoms with van der Waals surface area (Å²) in [5.74, 6) is 1.05. The van der Waals surface area contributed by atoms with Gasteiger partial charge >= 0.3 is 0 Å². The molecule has 1 aliphatic heterocycles. The van der Waals surface area contributed by atoms with E-state index in [1.165, 1.54) is 0 Å². The molecule has 1 amide bonds. The van der Waals surface area contributed by atoms with Gasteiger partial charge in [-0.15, -0.1) is 0 Å². The Morgan fingerprint density at radius 3 is 2.63 bits per heavy atom. The summed E-state index contributed by atoms with van der Waals surface area (Å²) in [6.45, 7) is 0. The number of fused-ring (bicyclic) bond motifs is 2. The van der Waals surface area contributed by atoms with E-state index in [2.05, 4.69) is 15.1 Å². The highest BCUT2D eigenvalue weighted by Gasteiger charge is 2.38. The van der Waals surface area contributed by atoms with Crippen molar-refractivity contribution in [3.63, 3.8) is 0 Å². The monoisotopic (exact) mass is 412 g/mol. The molecule has 2 aromatic heterocycles. The molecule has 2 aromatic carbocycles. The van der Waals surface area contributed by atoms with Gasteiger partial charge in [0.1, 0.15) is 0 Å². The first kappa shape index (κ1) is 17.4. The molecule has 1 fully saturated rings. The van der Waals surface area contributed by atoms with Gasteiger partial charge in [0.15, 0.2) is 0 Å². The van der Waals surface area contributed by atoms with Crippen LogP contribution >= 0.6 is 11.8 Å². The normalized spacial score (nSPS) is 15.5. The fraction of sp³-hybridized carbons (Fsp3) is 0.130. The number of rotatable bonds is 3. The Bertz CT molecular complexity index is 1270. The van der Waals surface area contributed by atoms with E-state index in [1.807, 2.05) is 59.5 Å². The fourth-order valence-corrected chi connectivity index (χ4v) is 4.78. The molecule has 30 heavy (non-hydrogen) atoms. The van der Waals surface area contributed by atoms with Crippen LogP contribution in [0, 0.1) is 0 Å². The van der Waals surface area contributed by atoms with Crippen LogP contribution in [0.1, 0.15) is 23.2 Å². The van der Waals surface area contributed by atoms with Gasteiger partial charge in [-0.2, -0.15) is 4.98 Å². The predicted molar refractivity (Wildman–Crippen MR) is 113 cm³/mol. The molecule has 1 aliphatic carbocycles. The molecule has 146 valence electrons. The van der Waals surface area contributed by atoms with Gasteiger partial charge in [-0.3, -0.25) is 9.78 Å². The lowest BCUT2D eigenvalue weighted by atomic mass is 10.1. The third-order valence-electron chi connectivity index (χ3n) is 5.30. The first-order chi connectivity index (χ1) is 14.8. The second-order valence-electron chi connectivity index (χ2n) is 7.35. The molecule has 6 nitrogen and oxygen atoms in total. The molecule has 0 radical (unpaired) electrons. The maximum absolute atomic E-state index is 13.3. The second-order valence-corrected chi connectivity index (χ2v) is 8.43. The first-order valence-corrected chi connectivity index (χ1v) is 10.6. The summed E-state index contributed by atoms with van der Waals surface area (Å²) in [4.78, 5) is 25.8. The molecule has 1 saturated carbocycles. The Morgan fingerprint density at radius 1 is 0.967 bits per heavy atom. The molecule has 0 atom stereocenters. The smallest absolute Gasteiger partial charge is 0.259 e. The summed E-state index contributed by atoms with van der Waals surface area (Å²) in [5.41, 5.74) is 3.39. The van der Waals surface area contributed by atoms with Crippen molar-refractivity contribution in [1.29, 1.82) is 0 Å². The van der Waals surface area contributed by atoms with Crippen LogP contribution in [0.4, 0.5) is 5.69 Å². The van der Waals surface area contributed by atoms with Gasteiger partial charge in [-0.1, -0.05) is 29.1 Å². The standard InChI is InChI=1S/C23H16N4O2S/c28-23-17-3-1-2-4-19(17)30-20-13-15(5-8-18(20)27(23)16-6-7-16)21-25-22(29-26-21)14-9-11-24-12-10-14/h1-5,8-13,16H,6-7H2. The van der Waals surface area contributed by atoms with Crippen molar-refractivity contribution in [2.45, 2.75) is 28.7 Å². The summed E-state index contributed by atoms with van der Waals surface area (Å²) >= 11 is 1.61. The Balaban J connectivity index is 1.44. The van der Waals surface area contributed by atoms with E-state index in [9.17, 15) is 4.79 Å². The molecular formula is C23H16N4O2S. The summed E-state index contributed by atoms with van der Waals surface area (Å²) in [5, 5.41) is 4.16. The zero-order chi connectivity index (χ0) is 20.1. The number of hydrogen-bond donors (Lipinski definition) is 0. The minimum atomic E-state index is 0.0756. The summed E-state index contributed by atoms with van der Waals surface area (Å²) in [6, 6.07) is 17.7. The van der Waals surface area contributed by atoms with E-state index in [4.69, 9.17) is 4.52 Å². The lowest BCUT2D eigenvalue weighted by Gasteiger charge is -2.22. The third kappa shape index (κ3) is 2.90. The van der Waals surface area contributed by atoms with Crippen molar-refractivity contribution < 1.29 is 9.32 Å². The van der Waals surface area contributed by atoms with Gasteiger partial charge in [0.25, 0.3) is 11.8 Å². The fourth-order valence-electron chi connectivity index (χ4n) is 3.67. The Hall–Kier alpha value is -3.45.